The lowest BCUT2D eigenvalue weighted by Crippen LogP contribution is -2.37. The zero-order valence-corrected chi connectivity index (χ0v) is 10.1. The fourth-order valence-electron chi connectivity index (χ4n) is 2.20. The van der Waals surface area contributed by atoms with Gasteiger partial charge in [-0.1, -0.05) is 30.3 Å². The molecule has 0 spiro atoms. The molecule has 3 rings (SSSR count). The molecule has 0 unspecified atom stereocenters. The highest BCUT2D eigenvalue weighted by molar-refractivity contribution is 6.13. The summed E-state index contributed by atoms with van der Waals surface area (Å²) >= 11 is 0. The third-order valence-corrected chi connectivity index (χ3v) is 3.03. The molecule has 2 N–H and O–H groups in total. The Labute approximate surface area is 110 Å². The molecule has 94 valence electrons. The number of benzene rings is 2. The molecule has 0 radical (unpaired) electrons. The molecule has 4 heteroatoms. The van der Waals surface area contributed by atoms with E-state index in [1.807, 2.05) is 48.5 Å². The van der Waals surface area contributed by atoms with E-state index >= 15 is 0 Å². The van der Waals surface area contributed by atoms with Gasteiger partial charge in [-0.25, -0.2) is 0 Å². The molecule has 19 heavy (non-hydrogen) atoms. The van der Waals surface area contributed by atoms with E-state index in [1.54, 1.807) is 0 Å². The largest absolute Gasteiger partial charge is 0.355 e. The molecule has 1 aliphatic rings. The summed E-state index contributed by atoms with van der Waals surface area (Å²) in [6.45, 7) is 0. The van der Waals surface area contributed by atoms with E-state index in [2.05, 4.69) is 10.6 Å². The molecule has 4 nitrogen and oxygen atoms in total. The van der Waals surface area contributed by atoms with Crippen LogP contribution in [0.2, 0.25) is 0 Å². The molecule has 0 saturated carbocycles. The Balaban J connectivity index is 2.02. The maximum Gasteiger partial charge on any atom is 0.260 e. The molecule has 0 aromatic heterocycles. The van der Waals surface area contributed by atoms with E-state index < -0.39 is 0 Å². The fourth-order valence-corrected chi connectivity index (χ4v) is 2.20. The zero-order valence-electron chi connectivity index (χ0n) is 10.1. The second-order valence-corrected chi connectivity index (χ2v) is 4.38. The average molecular weight is 252 g/mol. The summed E-state index contributed by atoms with van der Waals surface area (Å²) in [5.74, 6) is -0.598. The minimum Gasteiger partial charge on any atom is -0.355 e. The second kappa shape index (κ2) is 4.57. The van der Waals surface area contributed by atoms with Crippen LogP contribution >= 0.6 is 0 Å². The highest BCUT2D eigenvalue weighted by Crippen LogP contribution is 2.26. The molecule has 2 aromatic carbocycles. The van der Waals surface area contributed by atoms with Gasteiger partial charge in [0.1, 0.15) is 0 Å². The number of carbonyl (C=O) groups excluding carboxylic acids is 2. The predicted molar refractivity (Wildman–Crippen MR) is 72.3 cm³/mol. The standard InChI is InChI=1S/C15H12N2O2/c18-13-9-10-5-4-8-12(14(10)15(19)17-13)16-11-6-2-1-3-7-11/h1-8,16H,9H2,(H,17,18,19). The predicted octanol–water partition coefficient (Wildman–Crippen LogP) is 2.24. The normalized spacial score (nSPS) is 13.7. The van der Waals surface area contributed by atoms with E-state index in [9.17, 15) is 9.59 Å². The van der Waals surface area contributed by atoms with Crippen molar-refractivity contribution in [3.05, 3.63) is 59.7 Å². The van der Waals surface area contributed by atoms with Crippen LogP contribution in [-0.2, 0) is 11.2 Å². The van der Waals surface area contributed by atoms with Gasteiger partial charge in [0.2, 0.25) is 5.91 Å². The third kappa shape index (κ3) is 2.20. The summed E-state index contributed by atoms with van der Waals surface area (Å²) in [5.41, 5.74) is 2.93. The number of rotatable bonds is 2. The third-order valence-electron chi connectivity index (χ3n) is 3.03. The van der Waals surface area contributed by atoms with Gasteiger partial charge >= 0.3 is 0 Å². The van der Waals surface area contributed by atoms with Crippen molar-refractivity contribution in [3.63, 3.8) is 0 Å². The van der Waals surface area contributed by atoms with Crippen LogP contribution in [0.3, 0.4) is 0 Å². The van der Waals surface area contributed by atoms with Gasteiger partial charge < -0.3 is 5.32 Å². The van der Waals surface area contributed by atoms with Crippen molar-refractivity contribution in [2.45, 2.75) is 6.42 Å². The number of amides is 2. The number of para-hydroxylation sites is 1. The number of carbonyl (C=O) groups is 2. The van der Waals surface area contributed by atoms with Crippen LogP contribution in [0.4, 0.5) is 11.4 Å². The van der Waals surface area contributed by atoms with Crippen molar-refractivity contribution < 1.29 is 9.59 Å². The van der Waals surface area contributed by atoms with E-state index in [0.717, 1.165) is 11.3 Å². The smallest absolute Gasteiger partial charge is 0.260 e. The SMILES string of the molecule is O=C1Cc2cccc(Nc3ccccc3)c2C(=O)N1. The molecule has 0 atom stereocenters. The van der Waals surface area contributed by atoms with Gasteiger partial charge in [0, 0.05) is 5.69 Å². The molecule has 2 amide bonds. The van der Waals surface area contributed by atoms with Gasteiger partial charge in [0.15, 0.2) is 0 Å². The Morgan fingerprint density at radius 1 is 0.947 bits per heavy atom. The summed E-state index contributed by atoms with van der Waals surface area (Å²) in [4.78, 5) is 23.3. The van der Waals surface area contributed by atoms with E-state index in [4.69, 9.17) is 0 Å². The second-order valence-electron chi connectivity index (χ2n) is 4.38. The number of nitrogens with one attached hydrogen (secondary N) is 2. The molecule has 0 aliphatic carbocycles. The van der Waals surface area contributed by atoms with Crippen molar-refractivity contribution in [3.8, 4) is 0 Å². The first-order valence-corrected chi connectivity index (χ1v) is 6.02. The molecular weight excluding hydrogens is 240 g/mol. The Bertz CT molecular complexity index is 650. The van der Waals surface area contributed by atoms with Crippen LogP contribution in [0.25, 0.3) is 0 Å². The fraction of sp³-hybridized carbons (Fsp3) is 0.0667. The lowest BCUT2D eigenvalue weighted by Gasteiger charge is -2.19. The zero-order chi connectivity index (χ0) is 13.2. The summed E-state index contributed by atoms with van der Waals surface area (Å²) in [6.07, 6.45) is 0.241. The van der Waals surface area contributed by atoms with E-state index in [0.29, 0.717) is 11.3 Å². The van der Waals surface area contributed by atoms with Crippen LogP contribution < -0.4 is 10.6 Å². The van der Waals surface area contributed by atoms with Crippen molar-refractivity contribution in [1.29, 1.82) is 0 Å². The summed E-state index contributed by atoms with van der Waals surface area (Å²) < 4.78 is 0. The van der Waals surface area contributed by atoms with Crippen LogP contribution in [0, 0.1) is 0 Å². The summed E-state index contributed by atoms with van der Waals surface area (Å²) in [7, 11) is 0. The number of hydrogen-bond donors (Lipinski definition) is 2. The van der Waals surface area contributed by atoms with Gasteiger partial charge in [-0.3, -0.25) is 14.9 Å². The summed E-state index contributed by atoms with van der Waals surface area (Å²) in [5, 5.41) is 5.55. The minimum atomic E-state index is -0.342. The first-order valence-electron chi connectivity index (χ1n) is 6.02. The highest BCUT2D eigenvalue weighted by Gasteiger charge is 2.24. The van der Waals surface area contributed by atoms with Crippen molar-refractivity contribution in [1.82, 2.24) is 5.32 Å². The Hall–Kier alpha value is -2.62. The van der Waals surface area contributed by atoms with E-state index in [-0.39, 0.29) is 18.2 Å². The first kappa shape index (κ1) is 11.5. The van der Waals surface area contributed by atoms with Gasteiger partial charge in [-0.15, -0.1) is 0 Å². The Morgan fingerprint density at radius 3 is 2.53 bits per heavy atom. The molecule has 0 saturated heterocycles. The van der Waals surface area contributed by atoms with Gasteiger partial charge in [0.25, 0.3) is 5.91 Å². The maximum absolute atomic E-state index is 11.9. The maximum atomic E-state index is 11.9. The average Bonchev–Trinajstić information content (AvgIpc) is 2.39. The van der Waals surface area contributed by atoms with E-state index in [1.165, 1.54) is 0 Å². The lowest BCUT2D eigenvalue weighted by atomic mass is 9.98. The van der Waals surface area contributed by atoms with Crippen LogP contribution in [0.1, 0.15) is 15.9 Å². The summed E-state index contributed by atoms with van der Waals surface area (Å²) in [6, 6.07) is 15.1. The molecular formula is C15H12N2O2. The van der Waals surface area contributed by atoms with Crippen molar-refractivity contribution >= 4 is 23.2 Å². The topological polar surface area (TPSA) is 58.2 Å². The van der Waals surface area contributed by atoms with Crippen LogP contribution in [-0.4, -0.2) is 11.8 Å². The first-order chi connectivity index (χ1) is 9.24. The van der Waals surface area contributed by atoms with Crippen molar-refractivity contribution in [2.24, 2.45) is 0 Å². The van der Waals surface area contributed by atoms with Gasteiger partial charge in [-0.05, 0) is 23.8 Å². The number of hydrogen-bond acceptors (Lipinski definition) is 3. The molecule has 0 bridgehead atoms. The molecule has 1 heterocycles. The van der Waals surface area contributed by atoms with Crippen LogP contribution in [0.5, 0.6) is 0 Å². The Morgan fingerprint density at radius 2 is 1.74 bits per heavy atom. The number of imide groups is 1. The van der Waals surface area contributed by atoms with Crippen LogP contribution in [0.15, 0.2) is 48.5 Å². The highest BCUT2D eigenvalue weighted by atomic mass is 16.2. The molecule has 1 aliphatic heterocycles. The quantitative estimate of drug-likeness (QED) is 0.806. The number of fused-ring (bicyclic) bond motifs is 1. The minimum absolute atomic E-state index is 0.241. The molecule has 0 fully saturated rings. The molecule has 2 aromatic rings. The number of anilines is 2. The van der Waals surface area contributed by atoms with Gasteiger partial charge in [-0.2, -0.15) is 0 Å². The monoisotopic (exact) mass is 252 g/mol. The van der Waals surface area contributed by atoms with Gasteiger partial charge in [0.05, 0.1) is 17.7 Å². The Kier molecular flexibility index (Phi) is 2.76. The van der Waals surface area contributed by atoms with Crippen molar-refractivity contribution in [2.75, 3.05) is 5.32 Å². The lowest BCUT2D eigenvalue weighted by molar-refractivity contribution is -0.119.